The van der Waals surface area contributed by atoms with Crippen LogP contribution < -0.4 is 20.5 Å². The highest BCUT2D eigenvalue weighted by atomic mass is 32.1. The number of amides is 1. The second-order valence-electron chi connectivity index (χ2n) is 7.03. The summed E-state index contributed by atoms with van der Waals surface area (Å²) in [5, 5.41) is 12.1. The molecule has 4 rings (SSSR count). The molecule has 156 valence electrons. The van der Waals surface area contributed by atoms with Crippen LogP contribution in [-0.2, 0) is 17.8 Å². The van der Waals surface area contributed by atoms with E-state index in [9.17, 15) is 4.79 Å². The molecule has 0 bridgehead atoms. The zero-order valence-electron chi connectivity index (χ0n) is 16.3. The van der Waals surface area contributed by atoms with E-state index in [1.54, 1.807) is 6.20 Å². The Morgan fingerprint density at radius 1 is 1.33 bits per heavy atom. The second-order valence-corrected chi connectivity index (χ2v) is 8.10. The van der Waals surface area contributed by atoms with Gasteiger partial charge in [0.25, 0.3) is 5.19 Å². The minimum Gasteiger partial charge on any atom is -0.485 e. The van der Waals surface area contributed by atoms with Crippen LogP contribution in [0.2, 0.25) is 0 Å². The van der Waals surface area contributed by atoms with Gasteiger partial charge >= 0.3 is 0 Å². The number of nitrogens with zero attached hydrogens (tertiary/aromatic N) is 1. The molecular formula is C22H23N3O4S. The zero-order valence-corrected chi connectivity index (χ0v) is 17.1. The van der Waals surface area contributed by atoms with Gasteiger partial charge in [-0.1, -0.05) is 41.7 Å². The molecule has 1 amide bonds. The monoisotopic (exact) mass is 425 g/mol. The number of benzene rings is 2. The standard InChI is InChI=1S/C22H23N3O4S/c23-18(13-26)21(27)24-11-17-12-25-22(30-17)28-16-7-9-20-15(10-16)6-8-19(29-20)14-4-2-1-3-5-14/h1-5,7,9-10,12,18-19,26H,6,8,11,13,23H2,(H,24,27)/t18?,19-/m0/s1. The average Bonchev–Trinajstić information content (AvgIpc) is 3.24. The van der Waals surface area contributed by atoms with Gasteiger partial charge in [-0.3, -0.25) is 4.79 Å². The topological polar surface area (TPSA) is 107 Å². The number of carbonyl (C=O) groups is 1. The van der Waals surface area contributed by atoms with Crippen molar-refractivity contribution in [3.8, 4) is 16.7 Å². The lowest BCUT2D eigenvalue weighted by Gasteiger charge is -2.26. The van der Waals surface area contributed by atoms with Crippen molar-refractivity contribution in [2.75, 3.05) is 6.61 Å². The predicted octanol–water partition coefficient (Wildman–Crippen LogP) is 2.94. The summed E-state index contributed by atoms with van der Waals surface area (Å²) in [6.07, 6.45) is 3.54. The molecule has 3 aromatic rings. The van der Waals surface area contributed by atoms with Gasteiger partial charge in [0.15, 0.2) is 0 Å². The lowest BCUT2D eigenvalue weighted by molar-refractivity contribution is -0.123. The summed E-state index contributed by atoms with van der Waals surface area (Å²) in [6, 6.07) is 15.1. The number of rotatable bonds is 7. The van der Waals surface area contributed by atoms with E-state index in [1.165, 1.54) is 16.9 Å². The number of ether oxygens (including phenoxy) is 2. The van der Waals surface area contributed by atoms with Crippen molar-refractivity contribution in [1.29, 1.82) is 0 Å². The summed E-state index contributed by atoms with van der Waals surface area (Å²) in [4.78, 5) is 16.7. The van der Waals surface area contributed by atoms with Crippen molar-refractivity contribution in [2.45, 2.75) is 31.5 Å². The van der Waals surface area contributed by atoms with Gasteiger partial charge in [-0.2, -0.15) is 0 Å². The highest BCUT2D eigenvalue weighted by Crippen LogP contribution is 2.37. The smallest absolute Gasteiger partial charge is 0.278 e. The minimum absolute atomic E-state index is 0.0705. The number of hydrogen-bond acceptors (Lipinski definition) is 7. The molecule has 0 saturated carbocycles. The van der Waals surface area contributed by atoms with E-state index >= 15 is 0 Å². The van der Waals surface area contributed by atoms with Crippen LogP contribution in [0.1, 0.15) is 28.5 Å². The molecule has 0 fully saturated rings. The molecule has 4 N–H and O–H groups in total. The number of nitrogens with two attached hydrogens (primary N) is 1. The van der Waals surface area contributed by atoms with Crippen LogP contribution >= 0.6 is 11.3 Å². The molecule has 30 heavy (non-hydrogen) atoms. The fourth-order valence-corrected chi connectivity index (χ4v) is 3.96. The summed E-state index contributed by atoms with van der Waals surface area (Å²) in [7, 11) is 0. The number of aliphatic hydroxyl groups excluding tert-OH is 1. The molecule has 2 heterocycles. The van der Waals surface area contributed by atoms with Gasteiger partial charge in [0.2, 0.25) is 5.91 Å². The van der Waals surface area contributed by atoms with Gasteiger partial charge in [-0.15, -0.1) is 0 Å². The van der Waals surface area contributed by atoms with E-state index < -0.39 is 18.6 Å². The van der Waals surface area contributed by atoms with E-state index in [0.717, 1.165) is 29.0 Å². The Kier molecular flexibility index (Phi) is 6.27. The first-order valence-electron chi connectivity index (χ1n) is 9.73. The van der Waals surface area contributed by atoms with Gasteiger partial charge in [0.05, 0.1) is 13.2 Å². The number of carbonyl (C=O) groups excluding carboxylic acids is 1. The molecular weight excluding hydrogens is 402 g/mol. The zero-order chi connectivity index (χ0) is 20.9. The van der Waals surface area contributed by atoms with Crippen LogP contribution in [0.4, 0.5) is 0 Å². The van der Waals surface area contributed by atoms with E-state index in [4.69, 9.17) is 20.3 Å². The highest BCUT2D eigenvalue weighted by Gasteiger charge is 2.22. The van der Waals surface area contributed by atoms with Crippen molar-refractivity contribution in [1.82, 2.24) is 10.3 Å². The molecule has 1 unspecified atom stereocenters. The fraction of sp³-hybridized carbons (Fsp3) is 0.273. The van der Waals surface area contributed by atoms with E-state index in [0.29, 0.717) is 10.9 Å². The number of nitrogens with one attached hydrogen (secondary N) is 1. The molecule has 2 aromatic carbocycles. The first-order chi connectivity index (χ1) is 14.6. The Balaban J connectivity index is 1.37. The predicted molar refractivity (Wildman–Crippen MR) is 114 cm³/mol. The lowest BCUT2D eigenvalue weighted by atomic mass is 9.97. The lowest BCUT2D eigenvalue weighted by Crippen LogP contribution is -2.42. The van der Waals surface area contributed by atoms with Crippen LogP contribution in [0, 0.1) is 0 Å². The first-order valence-corrected chi connectivity index (χ1v) is 10.6. The summed E-state index contributed by atoms with van der Waals surface area (Å²) >= 11 is 1.34. The number of fused-ring (bicyclic) bond motifs is 1. The summed E-state index contributed by atoms with van der Waals surface area (Å²) in [5.74, 6) is 1.17. The largest absolute Gasteiger partial charge is 0.485 e. The minimum atomic E-state index is -0.923. The molecule has 0 aliphatic carbocycles. The molecule has 1 aliphatic rings. The van der Waals surface area contributed by atoms with Gasteiger partial charge in [-0.05, 0) is 42.2 Å². The number of aryl methyl sites for hydroxylation is 1. The third kappa shape index (κ3) is 4.79. The van der Waals surface area contributed by atoms with E-state index in [-0.39, 0.29) is 12.6 Å². The highest BCUT2D eigenvalue weighted by molar-refractivity contribution is 7.13. The molecule has 0 saturated heterocycles. The van der Waals surface area contributed by atoms with Crippen molar-refractivity contribution < 1.29 is 19.4 Å². The van der Waals surface area contributed by atoms with Crippen LogP contribution in [0.25, 0.3) is 0 Å². The number of thiazole rings is 1. The Hall–Kier alpha value is -2.94. The molecule has 2 atom stereocenters. The Morgan fingerprint density at radius 3 is 2.97 bits per heavy atom. The summed E-state index contributed by atoms with van der Waals surface area (Å²) < 4.78 is 12.1. The molecule has 0 radical (unpaired) electrons. The maximum Gasteiger partial charge on any atom is 0.278 e. The van der Waals surface area contributed by atoms with Crippen LogP contribution in [0.3, 0.4) is 0 Å². The van der Waals surface area contributed by atoms with Gasteiger partial charge < -0.3 is 25.6 Å². The maximum atomic E-state index is 11.6. The molecule has 1 aliphatic heterocycles. The molecule has 0 spiro atoms. The normalized spacial score (nSPS) is 16.3. The first kappa shape index (κ1) is 20.3. The van der Waals surface area contributed by atoms with Crippen molar-refractivity contribution >= 4 is 17.2 Å². The molecule has 1 aromatic heterocycles. The molecule has 8 heteroatoms. The Labute approximate surface area is 178 Å². The van der Waals surface area contributed by atoms with Gasteiger partial charge in [0, 0.05) is 11.1 Å². The number of aliphatic hydroxyl groups is 1. The van der Waals surface area contributed by atoms with Crippen molar-refractivity contribution in [3.05, 3.63) is 70.7 Å². The second kappa shape index (κ2) is 9.25. The van der Waals surface area contributed by atoms with E-state index in [2.05, 4.69) is 22.4 Å². The van der Waals surface area contributed by atoms with Crippen molar-refractivity contribution in [2.24, 2.45) is 5.73 Å². The van der Waals surface area contributed by atoms with E-state index in [1.807, 2.05) is 36.4 Å². The Bertz CT molecular complexity index is 1010. The maximum absolute atomic E-state index is 11.6. The SMILES string of the molecule is NC(CO)C(=O)NCc1cnc(Oc2ccc3c(c2)CC[C@@H](c2ccccc2)O3)s1. The van der Waals surface area contributed by atoms with Crippen LogP contribution in [0.5, 0.6) is 16.7 Å². The van der Waals surface area contributed by atoms with Crippen LogP contribution in [0.15, 0.2) is 54.7 Å². The average molecular weight is 426 g/mol. The van der Waals surface area contributed by atoms with Crippen LogP contribution in [-0.4, -0.2) is 28.6 Å². The quantitative estimate of drug-likeness (QED) is 0.537. The third-order valence-corrected chi connectivity index (χ3v) is 5.73. The third-order valence-electron chi connectivity index (χ3n) is 4.86. The number of aromatic nitrogens is 1. The molecule has 7 nitrogen and oxygen atoms in total. The summed E-state index contributed by atoms with van der Waals surface area (Å²) in [5.41, 5.74) is 7.77. The van der Waals surface area contributed by atoms with Crippen molar-refractivity contribution in [3.63, 3.8) is 0 Å². The fourth-order valence-electron chi connectivity index (χ4n) is 3.24. The summed E-state index contributed by atoms with van der Waals surface area (Å²) in [6.45, 7) is -0.108. The Morgan fingerprint density at radius 2 is 2.17 bits per heavy atom. The number of hydrogen-bond donors (Lipinski definition) is 3. The van der Waals surface area contributed by atoms with Gasteiger partial charge in [-0.25, -0.2) is 4.98 Å². The van der Waals surface area contributed by atoms with Gasteiger partial charge in [0.1, 0.15) is 23.6 Å².